The zero-order chi connectivity index (χ0) is 10.1. The van der Waals surface area contributed by atoms with Gasteiger partial charge in [0.05, 0.1) is 5.69 Å². The topological polar surface area (TPSA) is 64.3 Å². The van der Waals surface area contributed by atoms with Crippen LogP contribution in [0.2, 0.25) is 0 Å². The summed E-state index contributed by atoms with van der Waals surface area (Å²) in [7, 11) is 0. The number of hydrogen-bond donors (Lipinski definition) is 2. The molecule has 3 N–H and O–H groups in total. The van der Waals surface area contributed by atoms with E-state index in [-0.39, 0.29) is 31.5 Å². The number of nitrogens with one attached hydrogen (secondary N) is 1. The van der Waals surface area contributed by atoms with E-state index >= 15 is 0 Å². The number of amides is 1. The molecule has 15 heavy (non-hydrogen) atoms. The molecule has 0 aromatic heterocycles. The van der Waals surface area contributed by atoms with E-state index < -0.39 is 5.82 Å². The molecular weight excluding hydrogens is 223 g/mol. The molecule has 6 heteroatoms. The Morgan fingerprint density at radius 3 is 2.93 bits per heavy atom. The highest BCUT2D eigenvalue weighted by molar-refractivity contribution is 5.95. The third-order valence-corrected chi connectivity index (χ3v) is 2.00. The van der Waals surface area contributed by atoms with Crippen LogP contribution in [-0.2, 0) is 11.3 Å². The predicted molar refractivity (Wildman–Crippen MR) is 55.7 cm³/mol. The summed E-state index contributed by atoms with van der Waals surface area (Å²) in [6.07, 6.45) is 0. The van der Waals surface area contributed by atoms with Gasteiger partial charge in [-0.3, -0.25) is 4.79 Å². The molecular formula is C9H10ClFN2O2. The maximum atomic E-state index is 13.2. The van der Waals surface area contributed by atoms with E-state index in [1.807, 2.05) is 0 Å². The van der Waals surface area contributed by atoms with Crippen LogP contribution in [0.3, 0.4) is 0 Å². The van der Waals surface area contributed by atoms with Crippen LogP contribution >= 0.6 is 12.4 Å². The molecule has 1 aliphatic heterocycles. The van der Waals surface area contributed by atoms with Crippen LogP contribution in [0.4, 0.5) is 10.1 Å². The van der Waals surface area contributed by atoms with Gasteiger partial charge in [0.1, 0.15) is 11.6 Å². The van der Waals surface area contributed by atoms with E-state index in [4.69, 9.17) is 10.5 Å². The lowest BCUT2D eigenvalue weighted by Crippen LogP contribution is -2.25. The van der Waals surface area contributed by atoms with E-state index in [1.54, 1.807) is 0 Å². The molecule has 1 aromatic rings. The minimum Gasteiger partial charge on any atom is -0.481 e. The average molecular weight is 233 g/mol. The highest BCUT2D eigenvalue weighted by Gasteiger charge is 2.17. The van der Waals surface area contributed by atoms with Crippen molar-refractivity contribution in [1.82, 2.24) is 0 Å². The first kappa shape index (κ1) is 11.7. The van der Waals surface area contributed by atoms with E-state index in [1.165, 1.54) is 12.1 Å². The maximum Gasteiger partial charge on any atom is 0.262 e. The van der Waals surface area contributed by atoms with Crippen LogP contribution in [0.5, 0.6) is 5.75 Å². The van der Waals surface area contributed by atoms with Crippen LogP contribution in [0.15, 0.2) is 12.1 Å². The van der Waals surface area contributed by atoms with Crippen molar-refractivity contribution >= 4 is 24.0 Å². The van der Waals surface area contributed by atoms with Gasteiger partial charge in [-0.1, -0.05) is 0 Å². The van der Waals surface area contributed by atoms with Crippen molar-refractivity contribution in [3.63, 3.8) is 0 Å². The number of ether oxygens (including phenoxy) is 1. The quantitative estimate of drug-likeness (QED) is 0.760. The highest BCUT2D eigenvalue weighted by Crippen LogP contribution is 2.30. The second-order valence-electron chi connectivity index (χ2n) is 2.98. The van der Waals surface area contributed by atoms with Gasteiger partial charge in [-0.2, -0.15) is 0 Å². The van der Waals surface area contributed by atoms with E-state index in [2.05, 4.69) is 5.32 Å². The molecule has 1 aromatic carbocycles. The Hall–Kier alpha value is -1.33. The summed E-state index contributed by atoms with van der Waals surface area (Å²) in [6.45, 7) is 0.0173. The van der Waals surface area contributed by atoms with Gasteiger partial charge in [-0.15, -0.1) is 12.4 Å². The molecule has 1 heterocycles. The van der Waals surface area contributed by atoms with Crippen molar-refractivity contribution in [1.29, 1.82) is 0 Å². The predicted octanol–water partition coefficient (Wildman–Crippen LogP) is 1.04. The molecule has 0 fully saturated rings. The molecule has 1 aliphatic rings. The van der Waals surface area contributed by atoms with Gasteiger partial charge in [0.15, 0.2) is 6.61 Å². The number of carbonyl (C=O) groups is 1. The normalized spacial score (nSPS) is 13.3. The number of rotatable bonds is 1. The highest BCUT2D eigenvalue weighted by atomic mass is 35.5. The Morgan fingerprint density at radius 2 is 2.27 bits per heavy atom. The number of nitrogens with two attached hydrogens (primary N) is 1. The Labute approximate surface area is 92.0 Å². The summed E-state index contributed by atoms with van der Waals surface area (Å²) in [5, 5.41) is 2.58. The van der Waals surface area contributed by atoms with Crippen molar-refractivity contribution in [2.75, 3.05) is 11.9 Å². The van der Waals surface area contributed by atoms with E-state index in [0.29, 0.717) is 17.0 Å². The van der Waals surface area contributed by atoms with Crippen molar-refractivity contribution in [2.24, 2.45) is 5.73 Å². The molecule has 0 unspecified atom stereocenters. The first-order chi connectivity index (χ1) is 6.70. The van der Waals surface area contributed by atoms with Gasteiger partial charge < -0.3 is 15.8 Å². The number of halogens is 2. The minimum absolute atomic E-state index is 0. The van der Waals surface area contributed by atoms with E-state index in [9.17, 15) is 9.18 Å². The number of benzene rings is 1. The monoisotopic (exact) mass is 232 g/mol. The van der Waals surface area contributed by atoms with Gasteiger partial charge in [-0.25, -0.2) is 4.39 Å². The fourth-order valence-electron chi connectivity index (χ4n) is 1.30. The third kappa shape index (κ3) is 2.19. The lowest BCUT2D eigenvalue weighted by Gasteiger charge is -2.18. The van der Waals surface area contributed by atoms with Crippen LogP contribution in [0.25, 0.3) is 0 Å². The summed E-state index contributed by atoms with van der Waals surface area (Å²) in [5.74, 6) is -0.311. The summed E-state index contributed by atoms with van der Waals surface area (Å²) < 4.78 is 18.2. The van der Waals surface area contributed by atoms with Gasteiger partial charge in [0.2, 0.25) is 0 Å². The number of anilines is 1. The number of carbonyl (C=O) groups excluding carboxylic acids is 1. The lowest BCUT2D eigenvalue weighted by molar-refractivity contribution is -0.118. The molecule has 0 saturated carbocycles. The zero-order valence-electron chi connectivity index (χ0n) is 7.75. The van der Waals surface area contributed by atoms with Crippen molar-refractivity contribution < 1.29 is 13.9 Å². The Bertz CT molecular complexity index is 398. The molecule has 0 radical (unpaired) electrons. The van der Waals surface area contributed by atoms with Crippen LogP contribution < -0.4 is 15.8 Å². The largest absolute Gasteiger partial charge is 0.481 e. The standard InChI is InChI=1S/C9H9FN2O2.ClH/c10-6-2-8-7(1-5(6)3-11)12-9(13)4-14-8;/h1-2H,3-4,11H2,(H,12,13);1H. The minimum atomic E-state index is -0.414. The molecule has 82 valence electrons. The maximum absolute atomic E-state index is 13.2. The summed E-state index contributed by atoms with van der Waals surface area (Å²) >= 11 is 0. The average Bonchev–Trinajstić information content (AvgIpc) is 2.17. The molecule has 1 amide bonds. The summed E-state index contributed by atoms with van der Waals surface area (Å²) in [5.41, 5.74) is 6.16. The van der Waals surface area contributed by atoms with Crippen LogP contribution in [0, 0.1) is 5.82 Å². The second-order valence-corrected chi connectivity index (χ2v) is 2.98. The van der Waals surface area contributed by atoms with Crippen molar-refractivity contribution in [2.45, 2.75) is 6.54 Å². The lowest BCUT2D eigenvalue weighted by atomic mass is 10.1. The Balaban J connectivity index is 0.00000112. The molecule has 0 spiro atoms. The molecule has 0 atom stereocenters. The van der Waals surface area contributed by atoms with Crippen molar-refractivity contribution in [3.05, 3.63) is 23.5 Å². The van der Waals surface area contributed by atoms with Gasteiger partial charge in [-0.05, 0) is 6.07 Å². The molecule has 0 bridgehead atoms. The van der Waals surface area contributed by atoms with Gasteiger partial charge in [0, 0.05) is 18.2 Å². The van der Waals surface area contributed by atoms with Crippen molar-refractivity contribution in [3.8, 4) is 5.75 Å². The first-order valence-corrected chi connectivity index (χ1v) is 4.16. The Morgan fingerprint density at radius 1 is 1.53 bits per heavy atom. The number of fused-ring (bicyclic) bond motifs is 1. The van der Waals surface area contributed by atoms with Gasteiger partial charge >= 0.3 is 0 Å². The van der Waals surface area contributed by atoms with Crippen LogP contribution in [0.1, 0.15) is 5.56 Å². The molecule has 2 rings (SSSR count). The summed E-state index contributed by atoms with van der Waals surface area (Å²) in [6, 6.07) is 2.72. The Kier molecular flexibility index (Phi) is 3.49. The molecule has 0 saturated heterocycles. The fraction of sp³-hybridized carbons (Fsp3) is 0.222. The SMILES string of the molecule is Cl.NCc1cc2c(cc1F)OCC(=O)N2. The molecule has 4 nitrogen and oxygen atoms in total. The van der Waals surface area contributed by atoms with Crippen LogP contribution in [-0.4, -0.2) is 12.5 Å². The molecule has 0 aliphatic carbocycles. The first-order valence-electron chi connectivity index (χ1n) is 4.16. The second kappa shape index (κ2) is 4.46. The third-order valence-electron chi connectivity index (χ3n) is 2.00. The van der Waals surface area contributed by atoms with E-state index in [0.717, 1.165) is 0 Å². The fourth-order valence-corrected chi connectivity index (χ4v) is 1.30. The number of hydrogen-bond acceptors (Lipinski definition) is 3. The smallest absolute Gasteiger partial charge is 0.262 e. The summed E-state index contributed by atoms with van der Waals surface area (Å²) in [4.78, 5) is 10.9. The van der Waals surface area contributed by atoms with Gasteiger partial charge in [0.25, 0.3) is 5.91 Å². The zero-order valence-corrected chi connectivity index (χ0v) is 8.57.